The number of hydrogen-bond acceptors (Lipinski definition) is 8. The molecule has 0 radical (unpaired) electrons. The highest BCUT2D eigenvalue weighted by Crippen LogP contribution is 2.38. The van der Waals surface area contributed by atoms with Crippen LogP contribution >= 0.6 is 0 Å². The van der Waals surface area contributed by atoms with Crippen LogP contribution in [0.5, 0.6) is 0 Å². The molecule has 2 heterocycles. The van der Waals surface area contributed by atoms with Gasteiger partial charge in [-0.3, -0.25) is 19.1 Å². The lowest BCUT2D eigenvalue weighted by Crippen LogP contribution is -2.53. The molecule has 0 bridgehead atoms. The minimum atomic E-state index is -2.04. The number of nitrogens with zero attached hydrogens (tertiary/aromatic N) is 1. The molecule has 1 unspecified atom stereocenters. The van der Waals surface area contributed by atoms with Crippen molar-refractivity contribution in [1.82, 2.24) is 9.55 Å². The first-order valence-corrected chi connectivity index (χ1v) is 8.06. The normalized spacial score (nSPS) is 29.7. The quantitative estimate of drug-likeness (QED) is 0.415. The van der Waals surface area contributed by atoms with Crippen molar-refractivity contribution in [2.75, 3.05) is 13.2 Å². The zero-order chi connectivity index (χ0) is 19.6. The van der Waals surface area contributed by atoms with Crippen LogP contribution in [0.4, 0.5) is 4.39 Å². The molecule has 0 spiro atoms. The van der Waals surface area contributed by atoms with E-state index in [1.54, 1.807) is 13.8 Å². The number of aromatic nitrogens is 2. The largest absolute Gasteiger partial charge is 0.461 e. The van der Waals surface area contributed by atoms with Gasteiger partial charge < -0.3 is 26.0 Å². The molecule has 0 aromatic carbocycles. The lowest BCUT2D eigenvalue weighted by Gasteiger charge is -2.30. The van der Waals surface area contributed by atoms with E-state index in [9.17, 15) is 23.9 Å². The van der Waals surface area contributed by atoms with Crippen LogP contribution in [0.1, 0.15) is 20.1 Å². The van der Waals surface area contributed by atoms with Crippen molar-refractivity contribution in [2.24, 2.45) is 17.4 Å². The van der Waals surface area contributed by atoms with Crippen LogP contribution in [0.25, 0.3) is 0 Å². The van der Waals surface area contributed by atoms with Gasteiger partial charge in [0, 0.05) is 18.8 Å². The highest BCUT2D eigenvalue weighted by Gasteiger charge is 2.56. The first-order chi connectivity index (χ1) is 12.1. The van der Waals surface area contributed by atoms with Crippen LogP contribution in [0, 0.1) is 5.92 Å². The number of carbonyl (C=O) groups excluding carboxylic acids is 1. The van der Waals surface area contributed by atoms with Crippen LogP contribution in [-0.2, 0) is 14.3 Å². The Kier molecular flexibility index (Phi) is 5.96. The molecular formula is C15H23FN4O6. The van der Waals surface area contributed by atoms with Crippen LogP contribution in [0.3, 0.4) is 0 Å². The first-order valence-electron chi connectivity index (χ1n) is 8.06. The molecule has 0 aliphatic carbocycles. The van der Waals surface area contributed by atoms with Gasteiger partial charge in [0.2, 0.25) is 0 Å². The van der Waals surface area contributed by atoms with Crippen molar-refractivity contribution in [1.29, 1.82) is 0 Å². The second-order valence-corrected chi connectivity index (χ2v) is 6.56. The van der Waals surface area contributed by atoms with E-state index >= 15 is 0 Å². The number of alkyl halides is 1. The molecule has 1 fully saturated rings. The number of carbonyl (C=O) groups is 1. The number of halogens is 1. The average molecular weight is 374 g/mol. The van der Waals surface area contributed by atoms with E-state index in [1.807, 2.05) is 4.98 Å². The van der Waals surface area contributed by atoms with Gasteiger partial charge in [-0.1, -0.05) is 13.8 Å². The van der Waals surface area contributed by atoms with Crippen LogP contribution < -0.4 is 22.7 Å². The van der Waals surface area contributed by atoms with Crippen molar-refractivity contribution >= 4 is 5.97 Å². The molecule has 1 aromatic heterocycles. The highest BCUT2D eigenvalue weighted by atomic mass is 19.1. The van der Waals surface area contributed by atoms with Gasteiger partial charge in [0.25, 0.3) is 5.56 Å². The molecular weight excluding hydrogens is 351 g/mol. The monoisotopic (exact) mass is 374 g/mol. The zero-order valence-electron chi connectivity index (χ0n) is 14.4. The summed E-state index contributed by atoms with van der Waals surface area (Å²) in [5.41, 5.74) is 7.97. The second kappa shape index (κ2) is 7.66. The van der Waals surface area contributed by atoms with E-state index in [0.717, 1.165) is 16.8 Å². The first kappa shape index (κ1) is 20.2. The number of ether oxygens (including phenoxy) is 2. The van der Waals surface area contributed by atoms with Crippen LogP contribution in [0.15, 0.2) is 21.9 Å². The smallest absolute Gasteiger partial charge is 0.330 e. The molecule has 2 rings (SSSR count). The molecule has 11 heteroatoms. The number of H-pyrrole nitrogens is 1. The summed E-state index contributed by atoms with van der Waals surface area (Å²) in [6.07, 6.45) is -4.31. The Bertz CT molecular complexity index is 765. The van der Waals surface area contributed by atoms with Gasteiger partial charge in [0.05, 0.1) is 0 Å². The summed E-state index contributed by atoms with van der Waals surface area (Å²) in [6, 6.07) is 0.107. The van der Waals surface area contributed by atoms with Crippen molar-refractivity contribution in [3.63, 3.8) is 0 Å². The number of nitrogens with two attached hydrogens (primary N) is 2. The molecule has 1 aliphatic rings. The van der Waals surface area contributed by atoms with E-state index in [4.69, 9.17) is 20.9 Å². The maximum atomic E-state index is 14.6. The maximum absolute atomic E-state index is 14.6. The molecule has 1 aromatic rings. The predicted octanol–water partition coefficient (Wildman–Crippen LogP) is -2.01. The number of nitrogens with one attached hydrogen (secondary N) is 1. The Hall–Kier alpha value is -2.08. The molecule has 0 saturated carbocycles. The standard InChI is InChI=1S/C15H23FN4O6/c1-7(2)10(18)13(23)25-6-15(5-17)11(22)9(16)12(26-15)20-4-3-8(21)19-14(20)24/h3-4,7,9-12,22H,5-6,17-18H2,1-2H3,(H,19,21,24)/t9-,10?,11+,12-,15-/m1/s1. The van der Waals surface area contributed by atoms with E-state index in [-0.39, 0.29) is 12.5 Å². The Morgan fingerprint density at radius 1 is 1.54 bits per heavy atom. The summed E-state index contributed by atoms with van der Waals surface area (Å²) in [6.45, 7) is 2.52. The van der Waals surface area contributed by atoms with Gasteiger partial charge in [-0.2, -0.15) is 0 Å². The lowest BCUT2D eigenvalue weighted by molar-refractivity contribution is -0.166. The van der Waals surface area contributed by atoms with Crippen molar-refractivity contribution in [2.45, 2.75) is 44.0 Å². The van der Waals surface area contributed by atoms with E-state index in [2.05, 4.69) is 0 Å². The Morgan fingerprint density at radius 3 is 2.73 bits per heavy atom. The second-order valence-electron chi connectivity index (χ2n) is 6.56. The van der Waals surface area contributed by atoms with E-state index < -0.39 is 54.0 Å². The Balaban J connectivity index is 2.23. The number of rotatable bonds is 6. The minimum Gasteiger partial charge on any atom is -0.461 e. The topological polar surface area (TPSA) is 163 Å². The summed E-state index contributed by atoms with van der Waals surface area (Å²) >= 11 is 0. The van der Waals surface area contributed by atoms with Gasteiger partial charge in [0.1, 0.15) is 24.4 Å². The zero-order valence-corrected chi connectivity index (χ0v) is 14.4. The average Bonchev–Trinajstić information content (AvgIpc) is 2.84. The number of hydrogen-bond donors (Lipinski definition) is 4. The number of aliphatic hydroxyl groups is 1. The molecule has 1 saturated heterocycles. The van der Waals surface area contributed by atoms with Crippen molar-refractivity contribution in [3.05, 3.63) is 33.1 Å². The SMILES string of the molecule is CC(C)C(N)C(=O)OC[C@@]1(CN)O[C@@H](n2ccc(=O)[nH]c2=O)[C@H](F)[C@@H]1O. The molecule has 6 N–H and O–H groups in total. The van der Waals surface area contributed by atoms with E-state index in [0.29, 0.717) is 0 Å². The highest BCUT2D eigenvalue weighted by molar-refractivity contribution is 5.75. The fraction of sp³-hybridized carbons (Fsp3) is 0.667. The molecule has 10 nitrogen and oxygen atoms in total. The lowest BCUT2D eigenvalue weighted by atomic mass is 9.96. The predicted molar refractivity (Wildman–Crippen MR) is 87.9 cm³/mol. The minimum absolute atomic E-state index is 0.188. The fourth-order valence-electron chi connectivity index (χ4n) is 2.57. The third-order valence-electron chi connectivity index (χ3n) is 4.39. The number of aliphatic hydroxyl groups excluding tert-OH is 1. The third-order valence-corrected chi connectivity index (χ3v) is 4.39. The summed E-state index contributed by atoms with van der Waals surface area (Å²) in [7, 11) is 0. The maximum Gasteiger partial charge on any atom is 0.330 e. The summed E-state index contributed by atoms with van der Waals surface area (Å²) in [5.74, 6) is -0.934. The number of aromatic amines is 1. The van der Waals surface area contributed by atoms with Gasteiger partial charge >= 0.3 is 11.7 Å². The number of esters is 1. The summed E-state index contributed by atoms with van der Waals surface area (Å²) < 4.78 is 25.9. The van der Waals surface area contributed by atoms with Crippen molar-refractivity contribution in [3.8, 4) is 0 Å². The third kappa shape index (κ3) is 3.70. The van der Waals surface area contributed by atoms with Crippen LogP contribution in [0.2, 0.25) is 0 Å². The van der Waals surface area contributed by atoms with Gasteiger partial charge in [-0.25, -0.2) is 9.18 Å². The van der Waals surface area contributed by atoms with Gasteiger partial charge in [0.15, 0.2) is 12.4 Å². The van der Waals surface area contributed by atoms with Gasteiger partial charge in [-0.15, -0.1) is 0 Å². The molecule has 146 valence electrons. The van der Waals surface area contributed by atoms with E-state index in [1.165, 1.54) is 0 Å². The Labute approximate surface area is 147 Å². The molecule has 0 amide bonds. The molecule has 5 atom stereocenters. The van der Waals surface area contributed by atoms with Gasteiger partial charge in [-0.05, 0) is 5.92 Å². The summed E-state index contributed by atoms with van der Waals surface area (Å²) in [4.78, 5) is 36.9. The molecule has 1 aliphatic heterocycles. The molecule has 26 heavy (non-hydrogen) atoms. The van der Waals surface area contributed by atoms with Crippen LogP contribution in [-0.4, -0.2) is 57.7 Å². The summed E-state index contributed by atoms with van der Waals surface area (Å²) in [5, 5.41) is 10.3. The van der Waals surface area contributed by atoms with Crippen molar-refractivity contribution < 1.29 is 23.8 Å². The fourth-order valence-corrected chi connectivity index (χ4v) is 2.57. The Morgan fingerprint density at radius 2 is 2.19 bits per heavy atom.